The van der Waals surface area contributed by atoms with Crippen LogP contribution < -0.4 is 10.2 Å². The molecular formula is C15H28N2. The highest BCUT2D eigenvalue weighted by Gasteiger charge is 2.07. The van der Waals surface area contributed by atoms with E-state index in [2.05, 4.69) is 55.5 Å². The van der Waals surface area contributed by atoms with Crippen LogP contribution in [0, 0.1) is 0 Å². The summed E-state index contributed by atoms with van der Waals surface area (Å²) in [5.41, 5.74) is 2.63. The summed E-state index contributed by atoms with van der Waals surface area (Å²) >= 11 is 0. The lowest BCUT2D eigenvalue weighted by molar-refractivity contribution is 0.541. The Hall–Kier alpha value is -1.02. The second kappa shape index (κ2) is 9.06. The highest BCUT2D eigenvalue weighted by Crippen LogP contribution is 2.20. The first-order chi connectivity index (χ1) is 8.19. The Kier molecular flexibility index (Phi) is 8.51. The normalized spacial score (nSPS) is 11.4. The molecule has 0 spiro atoms. The van der Waals surface area contributed by atoms with Crippen LogP contribution in [0.5, 0.6) is 0 Å². The highest BCUT2D eigenvalue weighted by molar-refractivity contribution is 5.46. The molecule has 0 aliphatic carbocycles. The SMILES string of the molecule is CC.CCCC(NC)c1ccc(N(C)C)cc1. The molecule has 1 aromatic rings. The molecule has 0 saturated heterocycles. The fraction of sp³-hybridized carbons (Fsp3) is 0.600. The molecule has 0 radical (unpaired) electrons. The Bertz CT molecular complexity index is 277. The molecule has 1 aromatic carbocycles. The predicted molar refractivity (Wildman–Crippen MR) is 78.8 cm³/mol. The van der Waals surface area contributed by atoms with Crippen molar-refractivity contribution in [2.24, 2.45) is 0 Å². The molecule has 2 heteroatoms. The van der Waals surface area contributed by atoms with E-state index in [1.54, 1.807) is 0 Å². The summed E-state index contributed by atoms with van der Waals surface area (Å²) in [5, 5.41) is 3.35. The monoisotopic (exact) mass is 236 g/mol. The zero-order valence-electron chi connectivity index (χ0n) is 12.2. The molecule has 1 N–H and O–H groups in total. The van der Waals surface area contributed by atoms with Gasteiger partial charge in [-0.15, -0.1) is 0 Å². The summed E-state index contributed by atoms with van der Waals surface area (Å²) in [6, 6.07) is 9.27. The molecule has 0 bridgehead atoms. The number of hydrogen-bond donors (Lipinski definition) is 1. The molecule has 2 nitrogen and oxygen atoms in total. The molecule has 1 rings (SSSR count). The summed E-state index contributed by atoms with van der Waals surface area (Å²) in [6.07, 6.45) is 2.40. The van der Waals surface area contributed by atoms with E-state index in [-0.39, 0.29) is 0 Å². The number of nitrogens with zero attached hydrogens (tertiary/aromatic N) is 1. The van der Waals surface area contributed by atoms with Crippen molar-refractivity contribution in [2.45, 2.75) is 39.7 Å². The lowest BCUT2D eigenvalue weighted by Crippen LogP contribution is -2.16. The Labute approximate surface area is 107 Å². The van der Waals surface area contributed by atoms with Gasteiger partial charge in [0.25, 0.3) is 0 Å². The van der Waals surface area contributed by atoms with E-state index in [1.807, 2.05) is 20.9 Å². The molecule has 0 aliphatic heterocycles. The minimum Gasteiger partial charge on any atom is -0.378 e. The van der Waals surface area contributed by atoms with Crippen LogP contribution in [0.2, 0.25) is 0 Å². The van der Waals surface area contributed by atoms with Crippen molar-refractivity contribution in [3.05, 3.63) is 29.8 Å². The maximum atomic E-state index is 3.35. The third-order valence-corrected chi connectivity index (χ3v) is 2.74. The van der Waals surface area contributed by atoms with Crippen molar-refractivity contribution in [3.8, 4) is 0 Å². The summed E-state index contributed by atoms with van der Waals surface area (Å²) < 4.78 is 0. The van der Waals surface area contributed by atoms with Gasteiger partial charge in [0.1, 0.15) is 0 Å². The third-order valence-electron chi connectivity index (χ3n) is 2.74. The van der Waals surface area contributed by atoms with Crippen LogP contribution in [0.3, 0.4) is 0 Å². The summed E-state index contributed by atoms with van der Waals surface area (Å²) in [5.74, 6) is 0. The van der Waals surface area contributed by atoms with Gasteiger partial charge in [-0.1, -0.05) is 39.3 Å². The molecule has 0 aliphatic rings. The van der Waals surface area contributed by atoms with E-state index in [4.69, 9.17) is 0 Å². The Morgan fingerprint density at radius 1 is 1.12 bits per heavy atom. The standard InChI is InChI=1S/C13H22N2.C2H6/c1-5-6-13(14-2)11-7-9-12(10-8-11)15(3)4;1-2/h7-10,13-14H,5-6H2,1-4H3;1-2H3. The van der Waals surface area contributed by atoms with E-state index in [9.17, 15) is 0 Å². The largest absolute Gasteiger partial charge is 0.378 e. The van der Waals surface area contributed by atoms with Gasteiger partial charge in [0.05, 0.1) is 0 Å². The van der Waals surface area contributed by atoms with E-state index < -0.39 is 0 Å². The second-order valence-corrected chi connectivity index (χ2v) is 4.12. The van der Waals surface area contributed by atoms with Gasteiger partial charge in [0, 0.05) is 25.8 Å². The second-order valence-electron chi connectivity index (χ2n) is 4.12. The first kappa shape index (κ1) is 16.0. The average molecular weight is 236 g/mol. The molecule has 1 unspecified atom stereocenters. The Morgan fingerprint density at radius 2 is 1.65 bits per heavy atom. The Morgan fingerprint density at radius 3 is 2.00 bits per heavy atom. The van der Waals surface area contributed by atoms with E-state index in [0.29, 0.717) is 6.04 Å². The van der Waals surface area contributed by atoms with Crippen molar-refractivity contribution in [1.82, 2.24) is 5.32 Å². The molecule has 0 saturated carbocycles. The third kappa shape index (κ3) is 5.22. The fourth-order valence-electron chi connectivity index (χ4n) is 1.77. The first-order valence-electron chi connectivity index (χ1n) is 6.63. The van der Waals surface area contributed by atoms with Gasteiger partial charge in [0.15, 0.2) is 0 Å². The summed E-state index contributed by atoms with van der Waals surface area (Å²) in [6.45, 7) is 6.22. The molecule has 98 valence electrons. The molecule has 0 heterocycles. The number of benzene rings is 1. The molecule has 17 heavy (non-hydrogen) atoms. The topological polar surface area (TPSA) is 15.3 Å². The fourth-order valence-corrected chi connectivity index (χ4v) is 1.77. The van der Waals surface area contributed by atoms with Crippen molar-refractivity contribution >= 4 is 5.69 Å². The predicted octanol–water partition coefficient (Wildman–Crippen LogP) is 3.84. The lowest BCUT2D eigenvalue weighted by Gasteiger charge is -2.18. The lowest BCUT2D eigenvalue weighted by atomic mass is 10.0. The number of rotatable bonds is 5. The zero-order valence-corrected chi connectivity index (χ0v) is 12.2. The smallest absolute Gasteiger partial charge is 0.0361 e. The van der Waals surface area contributed by atoms with Gasteiger partial charge >= 0.3 is 0 Å². The van der Waals surface area contributed by atoms with E-state index in [0.717, 1.165) is 0 Å². The highest BCUT2D eigenvalue weighted by atomic mass is 15.1. The molecule has 1 atom stereocenters. The molecule has 0 aromatic heterocycles. The number of hydrogen-bond acceptors (Lipinski definition) is 2. The number of anilines is 1. The van der Waals surface area contributed by atoms with E-state index in [1.165, 1.54) is 24.1 Å². The van der Waals surface area contributed by atoms with E-state index >= 15 is 0 Å². The van der Waals surface area contributed by atoms with Gasteiger partial charge in [-0.05, 0) is 31.2 Å². The quantitative estimate of drug-likeness (QED) is 0.835. The van der Waals surface area contributed by atoms with Crippen molar-refractivity contribution in [2.75, 3.05) is 26.0 Å². The molecule has 0 fully saturated rings. The van der Waals surface area contributed by atoms with Gasteiger partial charge in [-0.25, -0.2) is 0 Å². The van der Waals surface area contributed by atoms with Gasteiger partial charge < -0.3 is 10.2 Å². The van der Waals surface area contributed by atoms with Crippen LogP contribution in [0.4, 0.5) is 5.69 Å². The average Bonchev–Trinajstić information content (AvgIpc) is 2.38. The van der Waals surface area contributed by atoms with Crippen LogP contribution in [-0.2, 0) is 0 Å². The minimum absolute atomic E-state index is 0.492. The van der Waals surface area contributed by atoms with Crippen LogP contribution in [0.1, 0.15) is 45.2 Å². The van der Waals surface area contributed by atoms with Crippen LogP contribution in [-0.4, -0.2) is 21.1 Å². The van der Waals surface area contributed by atoms with Crippen molar-refractivity contribution in [3.63, 3.8) is 0 Å². The van der Waals surface area contributed by atoms with Crippen LogP contribution >= 0.6 is 0 Å². The summed E-state index contributed by atoms with van der Waals surface area (Å²) in [4.78, 5) is 2.12. The number of nitrogens with one attached hydrogen (secondary N) is 1. The van der Waals surface area contributed by atoms with Crippen molar-refractivity contribution in [1.29, 1.82) is 0 Å². The molecular weight excluding hydrogens is 208 g/mol. The Balaban J connectivity index is 0.00000121. The maximum Gasteiger partial charge on any atom is 0.0361 e. The molecule has 0 amide bonds. The van der Waals surface area contributed by atoms with Crippen LogP contribution in [0.25, 0.3) is 0 Å². The zero-order chi connectivity index (χ0) is 13.3. The summed E-state index contributed by atoms with van der Waals surface area (Å²) in [7, 11) is 6.16. The van der Waals surface area contributed by atoms with Gasteiger partial charge in [-0.3, -0.25) is 0 Å². The minimum atomic E-state index is 0.492. The van der Waals surface area contributed by atoms with Gasteiger partial charge in [-0.2, -0.15) is 0 Å². The first-order valence-corrected chi connectivity index (χ1v) is 6.63. The van der Waals surface area contributed by atoms with Gasteiger partial charge in [0.2, 0.25) is 0 Å². The maximum absolute atomic E-state index is 3.35. The van der Waals surface area contributed by atoms with Crippen molar-refractivity contribution < 1.29 is 0 Å². The van der Waals surface area contributed by atoms with Crippen LogP contribution in [0.15, 0.2) is 24.3 Å².